The molecule has 0 bridgehead atoms. The van der Waals surface area contributed by atoms with E-state index in [1.807, 2.05) is 6.20 Å². The third-order valence-electron chi connectivity index (χ3n) is 3.65. The molecule has 4 heteroatoms. The average molecular weight is 250 g/mol. The fraction of sp³-hybridized carbons (Fsp3) is 0.786. The van der Waals surface area contributed by atoms with E-state index in [4.69, 9.17) is 0 Å². The van der Waals surface area contributed by atoms with Crippen LogP contribution in [0, 0.1) is 11.8 Å². The van der Waals surface area contributed by atoms with Gasteiger partial charge in [0, 0.05) is 38.1 Å². The van der Waals surface area contributed by atoms with Crippen molar-refractivity contribution in [2.24, 2.45) is 11.8 Å². The summed E-state index contributed by atoms with van der Waals surface area (Å²) in [6.45, 7) is 11.4. The minimum atomic E-state index is 0.507. The summed E-state index contributed by atoms with van der Waals surface area (Å²) in [5.74, 6) is 2.69. The Balaban J connectivity index is 1.71. The first-order valence-corrected chi connectivity index (χ1v) is 7.07. The third kappa shape index (κ3) is 4.10. The van der Waals surface area contributed by atoms with Gasteiger partial charge in [-0.2, -0.15) is 0 Å². The predicted octanol–water partition coefficient (Wildman–Crippen LogP) is 1.87. The van der Waals surface area contributed by atoms with E-state index in [2.05, 4.69) is 41.0 Å². The SMILES string of the molecule is C[C@@H]1C[C@@H](C)CN(C[C@@H](C)NCc2ncc[nH]2)C1. The fourth-order valence-electron chi connectivity index (χ4n) is 3.06. The van der Waals surface area contributed by atoms with Crippen LogP contribution in [0.15, 0.2) is 12.4 Å². The second kappa shape index (κ2) is 6.34. The summed E-state index contributed by atoms with van der Waals surface area (Å²) in [5, 5.41) is 3.53. The Hall–Kier alpha value is -0.870. The summed E-state index contributed by atoms with van der Waals surface area (Å²) in [4.78, 5) is 9.95. The highest BCUT2D eigenvalue weighted by Gasteiger charge is 2.22. The quantitative estimate of drug-likeness (QED) is 0.838. The van der Waals surface area contributed by atoms with Crippen molar-refractivity contribution in [3.8, 4) is 0 Å². The molecule has 0 radical (unpaired) electrons. The van der Waals surface area contributed by atoms with E-state index in [0.29, 0.717) is 6.04 Å². The van der Waals surface area contributed by atoms with E-state index in [1.165, 1.54) is 19.5 Å². The molecule has 2 heterocycles. The molecular weight excluding hydrogens is 224 g/mol. The van der Waals surface area contributed by atoms with Gasteiger partial charge in [-0.1, -0.05) is 13.8 Å². The summed E-state index contributed by atoms with van der Waals surface area (Å²) in [5.41, 5.74) is 0. The summed E-state index contributed by atoms with van der Waals surface area (Å²) in [6, 6.07) is 0.507. The lowest BCUT2D eigenvalue weighted by Gasteiger charge is -2.36. The molecule has 3 atom stereocenters. The molecule has 0 aromatic carbocycles. The van der Waals surface area contributed by atoms with Crippen LogP contribution in [0.3, 0.4) is 0 Å². The van der Waals surface area contributed by atoms with E-state index < -0.39 is 0 Å². The van der Waals surface area contributed by atoms with E-state index >= 15 is 0 Å². The van der Waals surface area contributed by atoms with E-state index in [9.17, 15) is 0 Å². The number of aromatic amines is 1. The molecule has 102 valence electrons. The van der Waals surface area contributed by atoms with Gasteiger partial charge in [0.15, 0.2) is 0 Å². The lowest BCUT2D eigenvalue weighted by atomic mass is 9.92. The van der Waals surface area contributed by atoms with Gasteiger partial charge in [-0.05, 0) is 25.2 Å². The fourth-order valence-corrected chi connectivity index (χ4v) is 3.06. The molecule has 1 fully saturated rings. The minimum absolute atomic E-state index is 0.507. The largest absolute Gasteiger partial charge is 0.348 e. The molecule has 1 aliphatic rings. The maximum atomic E-state index is 4.23. The van der Waals surface area contributed by atoms with Crippen LogP contribution in [0.4, 0.5) is 0 Å². The van der Waals surface area contributed by atoms with Crippen LogP contribution in [-0.2, 0) is 6.54 Å². The van der Waals surface area contributed by atoms with Crippen LogP contribution >= 0.6 is 0 Å². The van der Waals surface area contributed by atoms with Gasteiger partial charge in [0.25, 0.3) is 0 Å². The van der Waals surface area contributed by atoms with Gasteiger partial charge in [0.1, 0.15) is 5.82 Å². The van der Waals surface area contributed by atoms with E-state index in [1.54, 1.807) is 6.20 Å². The van der Waals surface area contributed by atoms with Crippen LogP contribution < -0.4 is 5.32 Å². The molecule has 1 saturated heterocycles. The molecule has 0 amide bonds. The summed E-state index contributed by atoms with van der Waals surface area (Å²) in [7, 11) is 0. The molecule has 1 aliphatic heterocycles. The van der Waals surface area contributed by atoms with Crippen molar-refractivity contribution in [2.45, 2.75) is 39.8 Å². The van der Waals surface area contributed by atoms with Crippen LogP contribution in [-0.4, -0.2) is 40.5 Å². The number of aromatic nitrogens is 2. The lowest BCUT2D eigenvalue weighted by molar-refractivity contribution is 0.130. The summed E-state index contributed by atoms with van der Waals surface area (Å²) < 4.78 is 0. The molecule has 1 aromatic heterocycles. The van der Waals surface area contributed by atoms with Gasteiger partial charge >= 0.3 is 0 Å². The Labute approximate surface area is 110 Å². The van der Waals surface area contributed by atoms with Gasteiger partial charge in [-0.25, -0.2) is 4.98 Å². The molecule has 4 nitrogen and oxygen atoms in total. The molecule has 2 N–H and O–H groups in total. The number of nitrogens with zero attached hydrogens (tertiary/aromatic N) is 2. The monoisotopic (exact) mass is 250 g/mol. The van der Waals surface area contributed by atoms with E-state index in [0.717, 1.165) is 30.7 Å². The van der Waals surface area contributed by atoms with Crippen LogP contribution in [0.5, 0.6) is 0 Å². The number of hydrogen-bond donors (Lipinski definition) is 2. The number of nitrogens with one attached hydrogen (secondary N) is 2. The van der Waals surface area contributed by atoms with Crippen molar-refractivity contribution in [3.05, 3.63) is 18.2 Å². The number of rotatable bonds is 5. The topological polar surface area (TPSA) is 44.0 Å². The summed E-state index contributed by atoms with van der Waals surface area (Å²) >= 11 is 0. The zero-order valence-corrected chi connectivity index (χ0v) is 11.8. The number of likely N-dealkylation sites (tertiary alicyclic amines) is 1. The van der Waals surface area contributed by atoms with Crippen LogP contribution in [0.2, 0.25) is 0 Å². The standard InChI is InChI=1S/C14H26N4/c1-11-6-12(2)9-18(8-11)10-13(3)17-7-14-15-4-5-16-14/h4-5,11-13,17H,6-10H2,1-3H3,(H,15,16)/t11-,12-,13-/m1/s1. The normalized spacial score (nSPS) is 27.3. The third-order valence-corrected chi connectivity index (χ3v) is 3.65. The maximum Gasteiger partial charge on any atom is 0.120 e. The van der Waals surface area contributed by atoms with Crippen LogP contribution in [0.25, 0.3) is 0 Å². The molecule has 0 aliphatic carbocycles. The Morgan fingerprint density at radius 2 is 2.17 bits per heavy atom. The van der Waals surface area contributed by atoms with Crippen molar-refractivity contribution in [1.29, 1.82) is 0 Å². The molecule has 0 unspecified atom stereocenters. The van der Waals surface area contributed by atoms with Gasteiger partial charge in [0.05, 0.1) is 6.54 Å². The number of imidazole rings is 1. The molecular formula is C14H26N4. The molecule has 2 rings (SSSR count). The predicted molar refractivity (Wildman–Crippen MR) is 74.3 cm³/mol. The Kier molecular flexibility index (Phi) is 4.78. The maximum absolute atomic E-state index is 4.23. The van der Waals surface area contributed by atoms with Crippen molar-refractivity contribution in [1.82, 2.24) is 20.2 Å². The zero-order chi connectivity index (χ0) is 13.0. The summed E-state index contributed by atoms with van der Waals surface area (Å²) in [6.07, 6.45) is 5.05. The zero-order valence-electron chi connectivity index (χ0n) is 11.8. The second-order valence-corrected chi connectivity index (χ2v) is 5.98. The molecule has 0 saturated carbocycles. The molecule has 18 heavy (non-hydrogen) atoms. The van der Waals surface area contributed by atoms with Crippen LogP contribution in [0.1, 0.15) is 33.0 Å². The Bertz CT molecular complexity index is 326. The smallest absolute Gasteiger partial charge is 0.120 e. The van der Waals surface area contributed by atoms with Gasteiger partial charge < -0.3 is 15.2 Å². The Morgan fingerprint density at radius 3 is 2.78 bits per heavy atom. The average Bonchev–Trinajstić information content (AvgIpc) is 2.77. The van der Waals surface area contributed by atoms with Gasteiger partial charge in [-0.3, -0.25) is 0 Å². The van der Waals surface area contributed by atoms with Crippen molar-refractivity contribution < 1.29 is 0 Å². The Morgan fingerprint density at radius 1 is 1.44 bits per heavy atom. The highest BCUT2D eigenvalue weighted by Crippen LogP contribution is 2.20. The van der Waals surface area contributed by atoms with Crippen molar-refractivity contribution in [2.75, 3.05) is 19.6 Å². The minimum Gasteiger partial charge on any atom is -0.348 e. The number of hydrogen-bond acceptors (Lipinski definition) is 3. The first kappa shape index (κ1) is 13.6. The second-order valence-electron chi connectivity index (χ2n) is 5.98. The van der Waals surface area contributed by atoms with E-state index in [-0.39, 0.29) is 0 Å². The number of piperidine rings is 1. The van der Waals surface area contributed by atoms with Crippen molar-refractivity contribution in [3.63, 3.8) is 0 Å². The lowest BCUT2D eigenvalue weighted by Crippen LogP contribution is -2.45. The van der Waals surface area contributed by atoms with Gasteiger partial charge in [0.2, 0.25) is 0 Å². The molecule has 1 aromatic rings. The first-order chi connectivity index (χ1) is 8.63. The highest BCUT2D eigenvalue weighted by atomic mass is 15.2. The number of H-pyrrole nitrogens is 1. The van der Waals surface area contributed by atoms with Crippen molar-refractivity contribution >= 4 is 0 Å². The highest BCUT2D eigenvalue weighted by molar-refractivity contribution is 4.87. The first-order valence-electron chi connectivity index (χ1n) is 7.07. The van der Waals surface area contributed by atoms with Gasteiger partial charge in [-0.15, -0.1) is 0 Å². The molecule has 0 spiro atoms.